The van der Waals surface area contributed by atoms with Gasteiger partial charge in [0.15, 0.2) is 11.5 Å². The van der Waals surface area contributed by atoms with Crippen molar-refractivity contribution in [1.82, 2.24) is 20.0 Å². The Bertz CT molecular complexity index is 1030. The van der Waals surface area contributed by atoms with E-state index in [4.69, 9.17) is 14.2 Å². The van der Waals surface area contributed by atoms with Crippen LogP contribution in [0.25, 0.3) is 0 Å². The third-order valence-electron chi connectivity index (χ3n) is 7.42. The minimum Gasteiger partial charge on any atom is -0.454 e. The molecule has 3 aliphatic heterocycles. The highest BCUT2D eigenvalue weighted by atomic mass is 16.7. The van der Waals surface area contributed by atoms with Gasteiger partial charge in [-0.05, 0) is 68.7 Å². The second-order valence-electron chi connectivity index (χ2n) is 10.3. The van der Waals surface area contributed by atoms with Crippen LogP contribution in [0.2, 0.25) is 0 Å². The van der Waals surface area contributed by atoms with Crippen molar-refractivity contribution in [2.24, 2.45) is 13.0 Å². The van der Waals surface area contributed by atoms with Gasteiger partial charge in [-0.3, -0.25) is 9.48 Å². The molecule has 4 heterocycles. The number of aryl methyl sites for hydroxylation is 2. The Labute approximate surface area is 201 Å². The van der Waals surface area contributed by atoms with E-state index < -0.39 is 0 Å². The van der Waals surface area contributed by atoms with Gasteiger partial charge in [0, 0.05) is 33.2 Å². The zero-order chi connectivity index (χ0) is 23.7. The smallest absolute Gasteiger partial charge is 0.269 e. The number of benzene rings is 1. The van der Waals surface area contributed by atoms with Gasteiger partial charge in [0.1, 0.15) is 5.69 Å². The van der Waals surface area contributed by atoms with Gasteiger partial charge in [0.25, 0.3) is 5.91 Å². The molecule has 1 aromatic heterocycles. The molecule has 0 aliphatic carbocycles. The number of aromatic nitrogens is 2. The second-order valence-corrected chi connectivity index (χ2v) is 10.3. The Morgan fingerprint density at radius 2 is 2.00 bits per heavy atom. The number of piperidine rings is 1. The van der Waals surface area contributed by atoms with Crippen LogP contribution in [0.3, 0.4) is 0 Å². The Balaban J connectivity index is 1.05. The zero-order valence-corrected chi connectivity index (χ0v) is 20.5. The van der Waals surface area contributed by atoms with Crippen LogP contribution in [-0.4, -0.2) is 65.3 Å². The summed E-state index contributed by atoms with van der Waals surface area (Å²) >= 11 is 0. The number of fused-ring (bicyclic) bond motifs is 1. The molecular formula is C26H36N4O4. The van der Waals surface area contributed by atoms with Gasteiger partial charge >= 0.3 is 0 Å². The van der Waals surface area contributed by atoms with Crippen molar-refractivity contribution in [3.05, 3.63) is 41.2 Å². The van der Waals surface area contributed by atoms with Crippen molar-refractivity contribution < 1.29 is 19.0 Å². The lowest BCUT2D eigenvalue weighted by molar-refractivity contribution is -0.0766. The van der Waals surface area contributed by atoms with Crippen LogP contribution in [0.4, 0.5) is 0 Å². The average molecular weight is 469 g/mol. The Morgan fingerprint density at radius 1 is 1.21 bits per heavy atom. The predicted molar refractivity (Wildman–Crippen MR) is 128 cm³/mol. The maximum atomic E-state index is 12.5. The minimum atomic E-state index is -0.0843. The molecule has 2 saturated heterocycles. The van der Waals surface area contributed by atoms with Crippen LogP contribution in [0, 0.1) is 12.8 Å². The van der Waals surface area contributed by atoms with Crippen LogP contribution in [-0.2, 0) is 18.2 Å². The maximum absolute atomic E-state index is 12.5. The van der Waals surface area contributed by atoms with Crippen LogP contribution in [0.15, 0.2) is 24.3 Å². The lowest BCUT2D eigenvalue weighted by Gasteiger charge is -2.40. The van der Waals surface area contributed by atoms with E-state index >= 15 is 0 Å². The summed E-state index contributed by atoms with van der Waals surface area (Å²) in [5.74, 6) is 2.19. The van der Waals surface area contributed by atoms with Crippen LogP contribution < -0.4 is 14.8 Å². The molecule has 34 heavy (non-hydrogen) atoms. The fourth-order valence-electron chi connectivity index (χ4n) is 5.65. The van der Waals surface area contributed by atoms with E-state index in [2.05, 4.69) is 34.4 Å². The number of carbonyl (C=O) groups excluding carboxylic acids is 1. The van der Waals surface area contributed by atoms with E-state index in [1.807, 2.05) is 19.1 Å². The minimum absolute atomic E-state index is 0.0183. The number of likely N-dealkylation sites (tertiary alicyclic amines) is 1. The molecule has 5 rings (SSSR count). The van der Waals surface area contributed by atoms with Crippen LogP contribution in [0.5, 0.6) is 11.5 Å². The molecule has 0 unspecified atom stereocenters. The van der Waals surface area contributed by atoms with Crippen molar-refractivity contribution >= 4 is 5.91 Å². The van der Waals surface area contributed by atoms with Gasteiger partial charge in [-0.2, -0.15) is 5.10 Å². The largest absolute Gasteiger partial charge is 0.454 e. The van der Waals surface area contributed by atoms with Crippen molar-refractivity contribution in [3.8, 4) is 11.5 Å². The summed E-state index contributed by atoms with van der Waals surface area (Å²) in [6.07, 6.45) is 5.34. The third kappa shape index (κ3) is 5.08. The fourth-order valence-corrected chi connectivity index (χ4v) is 5.65. The number of ether oxygens (including phenoxy) is 3. The average Bonchev–Trinajstić information content (AvgIpc) is 3.52. The monoisotopic (exact) mass is 468 g/mol. The molecule has 0 saturated carbocycles. The first kappa shape index (κ1) is 23.2. The summed E-state index contributed by atoms with van der Waals surface area (Å²) in [5.41, 5.74) is 2.72. The SMILES string of the molecule is Cc1cc(C(=O)NC[C@H]2CCC3(CCN(C[C@@H](C)Cc4ccc5c(c4)OCO5)CC3)O2)n(C)n1. The molecule has 1 aromatic carbocycles. The lowest BCUT2D eigenvalue weighted by Crippen LogP contribution is -2.46. The molecule has 8 nitrogen and oxygen atoms in total. The first-order valence-electron chi connectivity index (χ1n) is 12.5. The standard InChI is InChI=1S/C26H36N4O4/c1-18(12-20-4-5-23-24(14-20)33-17-32-23)16-30-10-8-26(9-11-30)7-6-21(34-26)15-27-25(31)22-13-19(2)28-29(22)3/h4-5,13-14,18,21H,6-12,15-17H2,1-3H3,(H,27,31)/t18-,21+/m0/s1. The van der Waals surface area contributed by atoms with Crippen molar-refractivity contribution in [3.63, 3.8) is 0 Å². The summed E-state index contributed by atoms with van der Waals surface area (Å²) in [4.78, 5) is 15.1. The summed E-state index contributed by atoms with van der Waals surface area (Å²) in [5, 5.41) is 7.29. The maximum Gasteiger partial charge on any atom is 0.269 e. The molecule has 2 fully saturated rings. The summed E-state index contributed by atoms with van der Waals surface area (Å²) < 4.78 is 19.1. The van der Waals surface area contributed by atoms with E-state index in [0.29, 0.717) is 24.9 Å². The zero-order valence-electron chi connectivity index (χ0n) is 20.5. The highest BCUT2D eigenvalue weighted by Crippen LogP contribution is 2.39. The molecule has 8 heteroatoms. The number of hydrogen-bond acceptors (Lipinski definition) is 6. The molecule has 1 amide bonds. The van der Waals surface area contributed by atoms with Crippen molar-refractivity contribution in [1.29, 1.82) is 0 Å². The van der Waals surface area contributed by atoms with Gasteiger partial charge < -0.3 is 24.4 Å². The lowest BCUT2D eigenvalue weighted by atomic mass is 9.88. The third-order valence-corrected chi connectivity index (χ3v) is 7.42. The molecule has 2 aromatic rings. The van der Waals surface area contributed by atoms with Gasteiger partial charge in [0.05, 0.1) is 17.4 Å². The summed E-state index contributed by atoms with van der Waals surface area (Å²) in [6.45, 7) is 8.32. The van der Waals surface area contributed by atoms with E-state index in [1.54, 1.807) is 11.7 Å². The predicted octanol–water partition coefficient (Wildman–Crippen LogP) is 3.08. The Kier molecular flexibility index (Phi) is 6.53. The number of rotatable bonds is 7. The normalized spacial score (nSPS) is 22.3. The molecule has 1 spiro atoms. The van der Waals surface area contributed by atoms with Crippen LogP contribution in [0.1, 0.15) is 54.4 Å². The fraction of sp³-hybridized carbons (Fsp3) is 0.615. The molecule has 2 atom stereocenters. The van der Waals surface area contributed by atoms with E-state index in [9.17, 15) is 4.79 Å². The van der Waals surface area contributed by atoms with E-state index in [1.165, 1.54) is 5.56 Å². The van der Waals surface area contributed by atoms with E-state index in [-0.39, 0.29) is 17.6 Å². The highest BCUT2D eigenvalue weighted by molar-refractivity contribution is 5.92. The van der Waals surface area contributed by atoms with E-state index in [0.717, 1.165) is 68.9 Å². The first-order chi connectivity index (χ1) is 16.4. The molecule has 0 radical (unpaired) electrons. The topological polar surface area (TPSA) is 77.9 Å². The summed E-state index contributed by atoms with van der Waals surface area (Å²) in [7, 11) is 1.80. The molecule has 3 aliphatic rings. The highest BCUT2D eigenvalue weighted by Gasteiger charge is 2.42. The van der Waals surface area contributed by atoms with Crippen molar-refractivity contribution in [2.75, 3.05) is 33.0 Å². The van der Waals surface area contributed by atoms with Gasteiger partial charge in [-0.1, -0.05) is 13.0 Å². The summed E-state index contributed by atoms with van der Waals surface area (Å²) in [6, 6.07) is 8.10. The van der Waals surface area contributed by atoms with Gasteiger partial charge in [-0.15, -0.1) is 0 Å². The first-order valence-corrected chi connectivity index (χ1v) is 12.5. The quantitative estimate of drug-likeness (QED) is 0.673. The Morgan fingerprint density at radius 3 is 2.76 bits per heavy atom. The second kappa shape index (κ2) is 9.58. The number of nitrogens with one attached hydrogen (secondary N) is 1. The van der Waals surface area contributed by atoms with Crippen LogP contribution >= 0.6 is 0 Å². The molecule has 1 N–H and O–H groups in total. The number of nitrogens with zero attached hydrogens (tertiary/aromatic N) is 3. The van der Waals surface area contributed by atoms with Crippen molar-refractivity contribution in [2.45, 2.75) is 57.7 Å². The molecule has 0 bridgehead atoms. The number of carbonyl (C=O) groups is 1. The number of amides is 1. The molecule has 184 valence electrons. The van der Waals surface area contributed by atoms with Gasteiger partial charge in [-0.25, -0.2) is 0 Å². The molecular weight excluding hydrogens is 432 g/mol. The van der Waals surface area contributed by atoms with Gasteiger partial charge in [0.2, 0.25) is 6.79 Å². The number of hydrogen-bond donors (Lipinski definition) is 1. The Hall–Kier alpha value is -2.58.